The van der Waals surface area contributed by atoms with Crippen molar-refractivity contribution >= 4 is 78.8 Å². The fraction of sp³-hybridized carbons (Fsp3) is 0.661. The van der Waals surface area contributed by atoms with Gasteiger partial charge in [0.1, 0.15) is 36.6 Å². The summed E-state index contributed by atoms with van der Waals surface area (Å²) >= 11 is 2.81. The molecule has 500 valence electrons. The highest BCUT2D eigenvalue weighted by molar-refractivity contribution is 14.1. The number of ketones is 1. The molecule has 31 heteroatoms. The van der Waals surface area contributed by atoms with Gasteiger partial charge >= 0.3 is 6.09 Å². The number of thioether (sulfide) groups is 1. The summed E-state index contributed by atoms with van der Waals surface area (Å²) in [5, 5.41) is 63.0. The van der Waals surface area contributed by atoms with Crippen LogP contribution >= 0.6 is 55.9 Å². The standard InChI is InChI=1S/C59H82IN5O22S3/c1-13-62-32-26-80-38(23-36(32)75-8)85-51-46(70)43(28(3)82-56(51)84-35-18-16-14-15-17-20-59(74)24-34(67)44(63-57(73)79-12)41(35)31(59)19-21-88-90-58(6,7)25-37(68)64-61)65-87-39-22-33(66)53(30(5)81-39)89-54(72)40-27(2)42(60)49(52(78-11)48(40)76-9)86-55-47(71)50(77-10)45(69)29(4)83-55/h14-15,19,28-30,32-33,35-36,38-39,43,45-47,50-51,53,55-56,62,65-66,69-71,74H,13,21-26,61H2,1-12H3,(H,63,73)(H,64,68)/b15-14?,31-19+/t28-,29+,30-,32+,33+,35+,36+,38+,39+,43-,45+,46+,47-,50-,51-,53-,55+,56+,59+/m1/s1. The Hall–Kier alpha value is -3.86. The minimum atomic E-state index is -2.16. The smallest absolute Gasteiger partial charge is 0.411 e. The number of amides is 2. The number of allylic oxidation sites excluding steroid dienone is 3. The molecule has 27 nitrogen and oxygen atoms in total. The van der Waals surface area contributed by atoms with E-state index in [1.165, 1.54) is 55.1 Å². The number of halogens is 1. The highest BCUT2D eigenvalue weighted by atomic mass is 127. The van der Waals surface area contributed by atoms with E-state index in [-0.39, 0.29) is 83.2 Å². The maximum absolute atomic E-state index is 14.5. The van der Waals surface area contributed by atoms with Crippen LogP contribution in [-0.2, 0) is 57.1 Å². The van der Waals surface area contributed by atoms with Gasteiger partial charge in [-0.15, -0.1) is 0 Å². The topological polar surface area (TPSA) is 364 Å². The van der Waals surface area contributed by atoms with E-state index in [1.807, 2.05) is 43.4 Å². The number of aliphatic hydroxyl groups is 5. The summed E-state index contributed by atoms with van der Waals surface area (Å²) in [4.78, 5) is 60.1. The molecule has 4 aliphatic heterocycles. The molecule has 2 amide bonds. The number of aliphatic hydroxyl groups excluding tert-OH is 4. The number of likely N-dealkylation sites (N-methyl/N-ethyl adjacent to an activating group) is 1. The molecular weight excluding hydrogens is 1350 g/mol. The Bertz CT molecular complexity index is 2950. The van der Waals surface area contributed by atoms with Gasteiger partial charge in [-0.1, -0.05) is 70.0 Å². The zero-order valence-corrected chi connectivity index (χ0v) is 56.5. The van der Waals surface area contributed by atoms with Crippen molar-refractivity contribution in [3.8, 4) is 40.9 Å². The molecule has 0 aromatic heterocycles. The van der Waals surface area contributed by atoms with Crippen LogP contribution in [0.2, 0.25) is 0 Å². The van der Waals surface area contributed by atoms with Crippen LogP contribution in [0.4, 0.5) is 4.79 Å². The number of fused-ring (bicyclic) bond motifs is 2. The van der Waals surface area contributed by atoms with Crippen molar-refractivity contribution in [1.82, 2.24) is 21.5 Å². The fourth-order valence-electron chi connectivity index (χ4n) is 11.1. The summed E-state index contributed by atoms with van der Waals surface area (Å²) in [6, 6.07) is -1.33. The van der Waals surface area contributed by atoms with Crippen molar-refractivity contribution in [1.29, 1.82) is 0 Å². The third-order valence-electron chi connectivity index (χ3n) is 15.7. The number of hydrazine groups is 1. The zero-order chi connectivity index (χ0) is 65.9. The van der Waals surface area contributed by atoms with Crippen LogP contribution < -0.4 is 41.6 Å². The van der Waals surface area contributed by atoms with E-state index in [1.54, 1.807) is 40.9 Å². The van der Waals surface area contributed by atoms with E-state index in [9.17, 15) is 44.7 Å². The first-order valence-electron chi connectivity index (χ1n) is 29.0. The number of nitrogens with two attached hydrogens (primary N) is 1. The minimum absolute atomic E-state index is 0.0151. The number of hydrogen-bond donors (Lipinski definition) is 10. The number of methoxy groups -OCH3 is 5. The monoisotopic (exact) mass is 1440 g/mol. The molecule has 1 aromatic carbocycles. The van der Waals surface area contributed by atoms with E-state index >= 15 is 0 Å². The summed E-state index contributed by atoms with van der Waals surface area (Å²) in [6.45, 7) is 13.0. The van der Waals surface area contributed by atoms with Crippen LogP contribution in [-0.4, -0.2) is 223 Å². The second-order valence-corrected chi connectivity index (χ2v) is 27.7. The Labute approximate surface area is 548 Å². The maximum atomic E-state index is 14.5. The van der Waals surface area contributed by atoms with E-state index in [0.29, 0.717) is 15.7 Å². The van der Waals surface area contributed by atoms with Crippen LogP contribution in [0.25, 0.3) is 0 Å². The van der Waals surface area contributed by atoms with Crippen molar-refractivity contribution in [2.75, 3.05) is 54.5 Å². The van der Waals surface area contributed by atoms with E-state index in [2.05, 4.69) is 45.2 Å². The predicted molar refractivity (Wildman–Crippen MR) is 337 cm³/mol. The van der Waals surface area contributed by atoms with Gasteiger partial charge in [-0.25, -0.2) is 10.6 Å². The highest BCUT2D eigenvalue weighted by Gasteiger charge is 2.52. The first-order chi connectivity index (χ1) is 42.8. The minimum Gasteiger partial charge on any atom is -0.492 e. The van der Waals surface area contributed by atoms with Gasteiger partial charge < -0.3 is 87.7 Å². The lowest BCUT2D eigenvalue weighted by atomic mass is 9.75. The van der Waals surface area contributed by atoms with Crippen molar-refractivity contribution in [3.63, 3.8) is 0 Å². The van der Waals surface area contributed by atoms with Crippen molar-refractivity contribution < 1.29 is 106 Å². The molecule has 0 spiro atoms. The molecule has 2 aliphatic carbocycles. The molecule has 4 fully saturated rings. The van der Waals surface area contributed by atoms with E-state index < -0.39 is 137 Å². The molecular formula is C59H82IN5O22S3. The number of alkyl carbamates (subject to hydrolysis) is 1. The summed E-state index contributed by atoms with van der Waals surface area (Å²) < 4.78 is 72.1. The fourth-order valence-corrected chi connectivity index (χ4v) is 15.2. The summed E-state index contributed by atoms with van der Waals surface area (Å²) in [5.74, 6) is 16.0. The lowest BCUT2D eigenvalue weighted by molar-refractivity contribution is -0.336. The molecule has 4 saturated heterocycles. The summed E-state index contributed by atoms with van der Waals surface area (Å²) in [6.07, 6.45) is -14.5. The average Bonchev–Trinajstić information content (AvgIpc) is 0.918. The van der Waals surface area contributed by atoms with Crippen LogP contribution in [0.15, 0.2) is 35.1 Å². The molecule has 0 unspecified atom stereocenters. The SMILES string of the molecule is CCN[C@H]1CO[C@@H](O[C@H]2[C@H](O[C@H]3C#CC=CC#C[C@]4(O)CC(=O)C(NC(=O)OC)=C3/C4=C\CSSC(C)(C)CC(=O)NN)O[C@H](C)[C@@H](NO[C@H]3C[C@H](O)[C@H](SC(=O)c4c(C)c(I)c(O[C@@H]5O[C@@H](C)[C@H](O)[C@@H](OC)[C@H]5O)c(OC)c4OC)[C@@H](C)O3)[C@@H]2O)C[C@@H]1OC. The van der Waals surface area contributed by atoms with Gasteiger partial charge in [-0.05, 0) is 88.4 Å². The second kappa shape index (κ2) is 33.0. The summed E-state index contributed by atoms with van der Waals surface area (Å²) in [7, 11) is 9.44. The van der Waals surface area contributed by atoms with Gasteiger partial charge in [-0.2, -0.15) is 5.48 Å². The lowest BCUT2D eigenvalue weighted by Crippen LogP contribution is -2.65. The highest BCUT2D eigenvalue weighted by Crippen LogP contribution is 2.49. The molecule has 6 aliphatic rings. The van der Waals surface area contributed by atoms with Gasteiger partial charge in [0.05, 0.1) is 97.0 Å². The van der Waals surface area contributed by atoms with Gasteiger partial charge in [-0.3, -0.25) is 30.0 Å². The number of hydroxylamine groups is 1. The molecule has 19 atom stereocenters. The Morgan fingerprint density at radius 2 is 1.60 bits per heavy atom. The Morgan fingerprint density at radius 1 is 0.889 bits per heavy atom. The van der Waals surface area contributed by atoms with Gasteiger partial charge in [0.2, 0.25) is 23.1 Å². The Morgan fingerprint density at radius 3 is 2.26 bits per heavy atom. The molecule has 90 heavy (non-hydrogen) atoms. The van der Waals surface area contributed by atoms with E-state index in [0.717, 1.165) is 18.9 Å². The quantitative estimate of drug-likeness (QED) is 0.0135. The van der Waals surface area contributed by atoms with Crippen LogP contribution in [0.3, 0.4) is 0 Å². The molecule has 2 bridgehead atoms. The van der Waals surface area contributed by atoms with Gasteiger partial charge in [0.15, 0.2) is 41.8 Å². The molecule has 0 saturated carbocycles. The number of benzene rings is 1. The first kappa shape index (κ1) is 73.5. The number of hydrogen-bond acceptors (Lipinski definition) is 28. The Kier molecular flexibility index (Phi) is 27.0. The normalized spacial score (nSPS) is 34.1. The Balaban J connectivity index is 1.13. The predicted octanol–water partition coefficient (Wildman–Crippen LogP) is 2.08. The number of Topliss-reactive ketones (excluding diaryl/α,β-unsaturated/α-hetero) is 1. The number of ether oxygens (including phenoxy) is 12. The van der Waals surface area contributed by atoms with Crippen LogP contribution in [0.5, 0.6) is 17.2 Å². The van der Waals surface area contributed by atoms with Crippen LogP contribution in [0, 0.1) is 34.2 Å². The molecule has 11 N–H and O–H groups in total. The van der Waals surface area contributed by atoms with Gasteiger partial charge in [0.25, 0.3) is 0 Å². The number of carbonyl (C=O) groups excluding carboxylic acids is 4. The number of nitrogens with one attached hydrogen (secondary N) is 4. The summed E-state index contributed by atoms with van der Waals surface area (Å²) in [5.41, 5.74) is 3.09. The first-order valence-corrected chi connectivity index (χ1v) is 33.2. The molecule has 4 heterocycles. The number of carbonyl (C=O) groups is 4. The third-order valence-corrected chi connectivity index (χ3v) is 21.5. The van der Waals surface area contributed by atoms with Crippen molar-refractivity contribution in [2.24, 2.45) is 5.84 Å². The average molecular weight is 1440 g/mol. The van der Waals surface area contributed by atoms with Gasteiger partial charge in [0, 0.05) is 55.1 Å². The molecule has 7 rings (SSSR count). The van der Waals surface area contributed by atoms with Crippen molar-refractivity contribution in [3.05, 3.63) is 49.8 Å². The van der Waals surface area contributed by atoms with Crippen molar-refractivity contribution in [2.45, 2.75) is 194 Å². The number of rotatable bonds is 24. The maximum Gasteiger partial charge on any atom is 0.411 e. The second-order valence-electron chi connectivity index (χ2n) is 22.4. The third kappa shape index (κ3) is 17.3. The van der Waals surface area contributed by atoms with Crippen LogP contribution in [0.1, 0.15) is 83.1 Å². The zero-order valence-electron chi connectivity index (χ0n) is 51.9. The molecule has 1 aromatic rings. The lowest BCUT2D eigenvalue weighted by Gasteiger charge is -2.46. The van der Waals surface area contributed by atoms with E-state index in [4.69, 9.17) is 67.5 Å². The largest absolute Gasteiger partial charge is 0.492 e. The molecule has 0 radical (unpaired) electrons.